The van der Waals surface area contributed by atoms with Crippen molar-refractivity contribution in [3.63, 3.8) is 0 Å². The lowest BCUT2D eigenvalue weighted by Crippen LogP contribution is -2.07. The number of aromatic nitrogens is 1. The van der Waals surface area contributed by atoms with Gasteiger partial charge in [0.05, 0.1) is 12.3 Å². The molecule has 4 nitrogen and oxygen atoms in total. The van der Waals surface area contributed by atoms with Crippen LogP contribution in [0.2, 0.25) is 5.02 Å². The molecule has 148 valence electrons. The summed E-state index contributed by atoms with van der Waals surface area (Å²) in [5.74, 6) is 0.284. The van der Waals surface area contributed by atoms with Crippen molar-refractivity contribution in [1.82, 2.24) is 4.98 Å². The molecule has 0 N–H and O–H groups in total. The van der Waals surface area contributed by atoms with Crippen LogP contribution in [0.3, 0.4) is 0 Å². The Bertz CT molecular complexity index is 1030. The van der Waals surface area contributed by atoms with Crippen molar-refractivity contribution in [3.8, 4) is 28.1 Å². The summed E-state index contributed by atoms with van der Waals surface area (Å²) in [6.45, 7) is 4.48. The molecule has 0 atom stereocenters. The van der Waals surface area contributed by atoms with Crippen LogP contribution in [0, 0.1) is 0 Å². The molecule has 29 heavy (non-hydrogen) atoms. The summed E-state index contributed by atoms with van der Waals surface area (Å²) in [5, 5.41) is 0.612. The highest BCUT2D eigenvalue weighted by Crippen LogP contribution is 2.38. The van der Waals surface area contributed by atoms with Crippen molar-refractivity contribution in [2.45, 2.75) is 13.8 Å². The average molecular weight is 408 g/mol. The molecule has 0 aliphatic heterocycles. The van der Waals surface area contributed by atoms with Crippen LogP contribution in [-0.2, 0) is 4.74 Å². The smallest absolute Gasteiger partial charge is 0.356 e. The van der Waals surface area contributed by atoms with Crippen molar-refractivity contribution in [1.29, 1.82) is 0 Å². The zero-order chi connectivity index (χ0) is 20.6. The fraction of sp³-hybridized carbons (Fsp3) is 0.167. The molecule has 0 unspecified atom stereocenters. The first kappa shape index (κ1) is 20.6. The van der Waals surface area contributed by atoms with Crippen LogP contribution in [0.4, 0.5) is 0 Å². The Kier molecular flexibility index (Phi) is 7.04. The summed E-state index contributed by atoms with van der Waals surface area (Å²) >= 11 is 6.28. The Morgan fingerprint density at radius 3 is 2.59 bits per heavy atom. The Morgan fingerprint density at radius 1 is 1.03 bits per heavy atom. The monoisotopic (exact) mass is 407 g/mol. The van der Waals surface area contributed by atoms with E-state index < -0.39 is 5.97 Å². The molecular formula is C24H22ClNO3. The van der Waals surface area contributed by atoms with E-state index in [1.54, 1.807) is 25.1 Å². The van der Waals surface area contributed by atoms with Crippen LogP contribution in [0.5, 0.6) is 5.75 Å². The predicted molar refractivity (Wildman–Crippen MR) is 116 cm³/mol. The number of nitrogens with zero attached hydrogens (tertiary/aromatic N) is 1. The van der Waals surface area contributed by atoms with Crippen molar-refractivity contribution < 1.29 is 14.3 Å². The van der Waals surface area contributed by atoms with Gasteiger partial charge in [0, 0.05) is 16.1 Å². The standard InChI is InChI=1S/C24H22ClNO3/c1-3-5-15-29-23-14-13-17(25)16-20(23)18-9-6-7-10-19(18)21-11-8-12-22(26-21)24(27)28-4-2/h3,5-14,16H,4,15H2,1-2H3. The van der Waals surface area contributed by atoms with Gasteiger partial charge in [-0.1, -0.05) is 54.1 Å². The summed E-state index contributed by atoms with van der Waals surface area (Å²) < 4.78 is 11.0. The van der Waals surface area contributed by atoms with E-state index in [4.69, 9.17) is 21.1 Å². The number of rotatable bonds is 7. The van der Waals surface area contributed by atoms with Gasteiger partial charge in [0.1, 0.15) is 18.1 Å². The van der Waals surface area contributed by atoms with Gasteiger partial charge in [-0.25, -0.2) is 9.78 Å². The maximum atomic E-state index is 12.1. The van der Waals surface area contributed by atoms with E-state index in [-0.39, 0.29) is 5.69 Å². The third-order valence-corrected chi connectivity index (χ3v) is 4.47. The minimum absolute atomic E-state index is 0.273. The Balaban J connectivity index is 2.08. The van der Waals surface area contributed by atoms with Crippen LogP contribution in [-0.4, -0.2) is 24.2 Å². The molecule has 1 aromatic heterocycles. The number of esters is 1. The number of allylic oxidation sites excluding steroid dienone is 1. The lowest BCUT2D eigenvalue weighted by atomic mass is 9.96. The normalized spacial score (nSPS) is 10.9. The fourth-order valence-corrected chi connectivity index (χ4v) is 3.09. The zero-order valence-corrected chi connectivity index (χ0v) is 17.1. The van der Waals surface area contributed by atoms with Crippen LogP contribution in [0.15, 0.2) is 72.8 Å². The molecule has 0 radical (unpaired) electrons. The van der Waals surface area contributed by atoms with Gasteiger partial charge in [0.15, 0.2) is 0 Å². The second-order valence-corrected chi connectivity index (χ2v) is 6.63. The number of halogens is 1. The van der Waals surface area contributed by atoms with Gasteiger partial charge >= 0.3 is 5.97 Å². The van der Waals surface area contributed by atoms with E-state index in [1.165, 1.54) is 0 Å². The van der Waals surface area contributed by atoms with Crippen molar-refractivity contribution in [3.05, 3.63) is 83.5 Å². The molecule has 3 rings (SSSR count). The van der Waals surface area contributed by atoms with Gasteiger partial charge in [0.25, 0.3) is 0 Å². The highest BCUT2D eigenvalue weighted by atomic mass is 35.5. The minimum atomic E-state index is -0.440. The number of hydrogen-bond donors (Lipinski definition) is 0. The van der Waals surface area contributed by atoms with Gasteiger partial charge in [0.2, 0.25) is 0 Å². The van der Waals surface area contributed by atoms with Gasteiger partial charge in [-0.05, 0) is 49.7 Å². The first-order valence-electron chi connectivity index (χ1n) is 9.41. The third-order valence-electron chi connectivity index (χ3n) is 4.24. The van der Waals surface area contributed by atoms with E-state index in [2.05, 4.69) is 4.98 Å². The van der Waals surface area contributed by atoms with Crippen molar-refractivity contribution in [2.24, 2.45) is 0 Å². The molecule has 5 heteroatoms. The SMILES string of the molecule is CC=CCOc1ccc(Cl)cc1-c1ccccc1-c1cccc(C(=O)OCC)n1. The predicted octanol–water partition coefficient (Wildman–Crippen LogP) is 6.20. The molecule has 0 saturated carbocycles. The van der Waals surface area contributed by atoms with E-state index >= 15 is 0 Å². The Hall–Kier alpha value is -3.11. The van der Waals surface area contributed by atoms with Gasteiger partial charge < -0.3 is 9.47 Å². The summed E-state index contributed by atoms with van der Waals surface area (Å²) in [4.78, 5) is 16.6. The second-order valence-electron chi connectivity index (χ2n) is 6.19. The lowest BCUT2D eigenvalue weighted by molar-refractivity contribution is 0.0519. The minimum Gasteiger partial charge on any atom is -0.489 e. The number of ether oxygens (including phenoxy) is 2. The largest absolute Gasteiger partial charge is 0.489 e. The first-order valence-corrected chi connectivity index (χ1v) is 9.79. The quantitative estimate of drug-likeness (QED) is 0.345. The van der Waals surface area contributed by atoms with Crippen molar-refractivity contribution in [2.75, 3.05) is 13.2 Å². The molecule has 0 spiro atoms. The fourth-order valence-electron chi connectivity index (χ4n) is 2.92. The van der Waals surface area contributed by atoms with Gasteiger partial charge in [-0.2, -0.15) is 0 Å². The summed E-state index contributed by atoms with van der Waals surface area (Å²) in [7, 11) is 0. The van der Waals surface area contributed by atoms with Crippen LogP contribution < -0.4 is 4.74 Å². The molecule has 0 bridgehead atoms. The van der Waals surface area contributed by atoms with E-state index in [0.29, 0.717) is 23.9 Å². The van der Waals surface area contributed by atoms with E-state index in [9.17, 15) is 4.79 Å². The molecule has 0 aliphatic rings. The highest BCUT2D eigenvalue weighted by molar-refractivity contribution is 6.31. The third kappa shape index (κ3) is 5.04. The molecule has 0 aliphatic carbocycles. The molecule has 0 amide bonds. The van der Waals surface area contributed by atoms with Gasteiger partial charge in [-0.3, -0.25) is 0 Å². The average Bonchev–Trinajstić information content (AvgIpc) is 2.75. The number of carbonyl (C=O) groups is 1. The maximum Gasteiger partial charge on any atom is 0.356 e. The summed E-state index contributed by atoms with van der Waals surface area (Å²) in [6.07, 6.45) is 3.88. The Labute approximate surface area is 175 Å². The molecular weight excluding hydrogens is 386 g/mol. The molecule has 3 aromatic rings. The molecule has 1 heterocycles. The van der Waals surface area contributed by atoms with E-state index in [0.717, 1.165) is 22.4 Å². The highest BCUT2D eigenvalue weighted by Gasteiger charge is 2.15. The van der Waals surface area contributed by atoms with E-state index in [1.807, 2.05) is 61.5 Å². The molecule has 0 saturated heterocycles. The topological polar surface area (TPSA) is 48.4 Å². The van der Waals surface area contributed by atoms with Crippen molar-refractivity contribution >= 4 is 17.6 Å². The van der Waals surface area contributed by atoms with Crippen LogP contribution in [0.1, 0.15) is 24.3 Å². The zero-order valence-electron chi connectivity index (χ0n) is 16.4. The lowest BCUT2D eigenvalue weighted by Gasteiger charge is -2.15. The Morgan fingerprint density at radius 2 is 1.83 bits per heavy atom. The number of hydrogen-bond acceptors (Lipinski definition) is 4. The van der Waals surface area contributed by atoms with Gasteiger partial charge in [-0.15, -0.1) is 0 Å². The molecule has 2 aromatic carbocycles. The summed E-state index contributed by atoms with van der Waals surface area (Å²) in [6, 6.07) is 18.7. The summed E-state index contributed by atoms with van der Waals surface area (Å²) in [5.41, 5.74) is 3.59. The maximum absolute atomic E-state index is 12.1. The number of pyridine rings is 1. The number of carbonyl (C=O) groups excluding carboxylic acids is 1. The van der Waals surface area contributed by atoms with Crippen LogP contribution in [0.25, 0.3) is 22.4 Å². The first-order chi connectivity index (χ1) is 14.1. The molecule has 0 fully saturated rings. The second kappa shape index (κ2) is 9.89. The number of benzene rings is 2. The van der Waals surface area contributed by atoms with Crippen LogP contribution >= 0.6 is 11.6 Å².